The summed E-state index contributed by atoms with van der Waals surface area (Å²) in [5.74, 6) is -2.60. The number of carboxylic acids is 1. The third-order valence-electron chi connectivity index (χ3n) is 5.49. The molecule has 4 rings (SSSR count). The van der Waals surface area contributed by atoms with Gasteiger partial charge in [-0.2, -0.15) is 0 Å². The molecule has 0 radical (unpaired) electrons. The van der Waals surface area contributed by atoms with E-state index in [4.69, 9.17) is 21.4 Å². The molecule has 1 aliphatic heterocycles. The fourth-order valence-electron chi connectivity index (χ4n) is 3.82. The predicted octanol–water partition coefficient (Wildman–Crippen LogP) is 2.81. The predicted molar refractivity (Wildman–Crippen MR) is 122 cm³/mol. The summed E-state index contributed by atoms with van der Waals surface area (Å²) in [6.07, 6.45) is 0.330. The van der Waals surface area contributed by atoms with Crippen molar-refractivity contribution < 1.29 is 24.5 Å². The van der Waals surface area contributed by atoms with Gasteiger partial charge in [0.05, 0.1) is 25.5 Å². The molecule has 1 aromatic heterocycles. The molecule has 3 aromatic rings. The second-order valence-corrected chi connectivity index (χ2v) is 8.06. The molecule has 2 heterocycles. The highest BCUT2D eigenvalue weighted by Gasteiger charge is 2.27. The lowest BCUT2D eigenvalue weighted by atomic mass is 10.0. The van der Waals surface area contributed by atoms with Gasteiger partial charge in [-0.25, -0.2) is 0 Å². The van der Waals surface area contributed by atoms with E-state index in [-0.39, 0.29) is 13.2 Å². The summed E-state index contributed by atoms with van der Waals surface area (Å²) in [6.45, 7) is -0.0439. The van der Waals surface area contributed by atoms with Crippen LogP contribution in [0.3, 0.4) is 0 Å². The van der Waals surface area contributed by atoms with Gasteiger partial charge in [0, 0.05) is 17.0 Å². The first-order valence-corrected chi connectivity index (χ1v) is 10.6. The number of ether oxygens (including phenoxy) is 1. The Morgan fingerprint density at radius 2 is 1.70 bits per heavy atom. The van der Waals surface area contributed by atoms with E-state index >= 15 is 0 Å². The SMILES string of the molecule is O=C(O)CNC(=O)c1c(O)c2c(n(Cc3ccc(-c4ccc(Cl)cc4)cc3)c1=O)COCC2. The van der Waals surface area contributed by atoms with Crippen molar-refractivity contribution in [2.24, 2.45) is 0 Å². The largest absolute Gasteiger partial charge is 0.507 e. The van der Waals surface area contributed by atoms with Crippen LogP contribution in [0.15, 0.2) is 53.3 Å². The molecule has 9 heteroatoms. The molecule has 0 aliphatic carbocycles. The molecule has 3 N–H and O–H groups in total. The number of carboxylic acid groups (broad SMARTS) is 1. The Morgan fingerprint density at radius 1 is 1.06 bits per heavy atom. The number of aliphatic carboxylic acids is 1. The molecule has 1 aliphatic rings. The Kier molecular flexibility index (Phi) is 6.48. The zero-order valence-electron chi connectivity index (χ0n) is 17.5. The van der Waals surface area contributed by atoms with Gasteiger partial charge in [0.15, 0.2) is 0 Å². The number of carbonyl (C=O) groups is 2. The molecule has 33 heavy (non-hydrogen) atoms. The maximum absolute atomic E-state index is 13.2. The van der Waals surface area contributed by atoms with Gasteiger partial charge in [0.2, 0.25) is 0 Å². The molecule has 2 aromatic carbocycles. The molecule has 0 spiro atoms. The normalized spacial score (nSPS) is 12.8. The van der Waals surface area contributed by atoms with E-state index in [0.717, 1.165) is 16.7 Å². The smallest absolute Gasteiger partial charge is 0.322 e. The van der Waals surface area contributed by atoms with Crippen molar-refractivity contribution in [2.45, 2.75) is 19.6 Å². The summed E-state index contributed by atoms with van der Waals surface area (Å²) in [6, 6.07) is 15.1. The van der Waals surface area contributed by atoms with Crippen LogP contribution < -0.4 is 10.9 Å². The highest BCUT2D eigenvalue weighted by Crippen LogP contribution is 2.28. The number of halogens is 1. The summed E-state index contributed by atoms with van der Waals surface area (Å²) in [5, 5.41) is 22.3. The summed E-state index contributed by atoms with van der Waals surface area (Å²) >= 11 is 5.95. The zero-order valence-corrected chi connectivity index (χ0v) is 18.3. The Hall–Kier alpha value is -3.62. The third kappa shape index (κ3) is 4.76. The van der Waals surface area contributed by atoms with Crippen molar-refractivity contribution in [3.8, 4) is 16.9 Å². The number of amides is 1. The van der Waals surface area contributed by atoms with Gasteiger partial charge in [-0.3, -0.25) is 14.4 Å². The van der Waals surface area contributed by atoms with Gasteiger partial charge in [-0.1, -0.05) is 48.0 Å². The van der Waals surface area contributed by atoms with Crippen LogP contribution in [0.1, 0.15) is 27.2 Å². The first-order valence-electron chi connectivity index (χ1n) is 10.2. The summed E-state index contributed by atoms with van der Waals surface area (Å²) < 4.78 is 6.89. The third-order valence-corrected chi connectivity index (χ3v) is 5.74. The van der Waals surface area contributed by atoms with E-state index < -0.39 is 35.3 Å². The Labute approximate surface area is 194 Å². The van der Waals surface area contributed by atoms with Crippen molar-refractivity contribution >= 4 is 23.5 Å². The van der Waals surface area contributed by atoms with Crippen molar-refractivity contribution in [3.05, 3.63) is 86.3 Å². The number of benzene rings is 2. The average molecular weight is 469 g/mol. The van der Waals surface area contributed by atoms with E-state index in [2.05, 4.69) is 5.32 Å². The molecular formula is C24H21ClN2O6. The summed E-state index contributed by atoms with van der Waals surface area (Å²) in [7, 11) is 0. The van der Waals surface area contributed by atoms with E-state index in [0.29, 0.717) is 29.3 Å². The first-order chi connectivity index (χ1) is 15.8. The molecule has 0 bridgehead atoms. The topological polar surface area (TPSA) is 118 Å². The van der Waals surface area contributed by atoms with Crippen LogP contribution >= 0.6 is 11.6 Å². The van der Waals surface area contributed by atoms with Gasteiger partial charge in [-0.05, 0) is 28.8 Å². The number of hydrogen-bond donors (Lipinski definition) is 3. The number of hydrogen-bond acceptors (Lipinski definition) is 5. The van der Waals surface area contributed by atoms with Crippen molar-refractivity contribution in [2.75, 3.05) is 13.2 Å². The number of nitrogens with one attached hydrogen (secondary N) is 1. The lowest BCUT2D eigenvalue weighted by Crippen LogP contribution is -2.38. The summed E-state index contributed by atoms with van der Waals surface area (Å²) in [4.78, 5) is 36.5. The molecule has 0 saturated heterocycles. The number of fused-ring (bicyclic) bond motifs is 1. The number of aromatic nitrogens is 1. The van der Waals surface area contributed by atoms with Crippen LogP contribution in [0.2, 0.25) is 5.02 Å². The van der Waals surface area contributed by atoms with E-state index in [1.54, 1.807) is 0 Å². The van der Waals surface area contributed by atoms with Crippen LogP contribution in [-0.2, 0) is 29.1 Å². The lowest BCUT2D eigenvalue weighted by molar-refractivity contribution is -0.135. The first kappa shape index (κ1) is 22.6. The Morgan fingerprint density at radius 3 is 2.33 bits per heavy atom. The number of aromatic hydroxyl groups is 1. The van der Waals surface area contributed by atoms with Crippen molar-refractivity contribution in [1.82, 2.24) is 9.88 Å². The Balaban J connectivity index is 1.70. The maximum atomic E-state index is 13.2. The van der Waals surface area contributed by atoms with Gasteiger partial charge in [-0.15, -0.1) is 0 Å². The number of rotatable bonds is 6. The Bertz CT molecular complexity index is 1270. The van der Waals surface area contributed by atoms with E-state index in [9.17, 15) is 19.5 Å². The van der Waals surface area contributed by atoms with E-state index in [1.807, 2.05) is 48.5 Å². The van der Waals surface area contributed by atoms with E-state index in [1.165, 1.54) is 4.57 Å². The van der Waals surface area contributed by atoms with Crippen LogP contribution in [-0.4, -0.2) is 39.8 Å². The molecule has 8 nitrogen and oxygen atoms in total. The van der Waals surface area contributed by atoms with Crippen LogP contribution in [0.25, 0.3) is 11.1 Å². The molecule has 0 fully saturated rings. The van der Waals surface area contributed by atoms with Crippen LogP contribution in [0, 0.1) is 0 Å². The minimum absolute atomic E-state index is 0.123. The highest BCUT2D eigenvalue weighted by molar-refractivity contribution is 6.30. The van der Waals surface area contributed by atoms with Gasteiger partial charge >= 0.3 is 5.97 Å². The standard InChI is InChI=1S/C24H21ClN2O6/c25-17-7-5-16(6-8-17)15-3-1-14(2-4-15)12-27-19-13-33-10-9-18(19)22(30)21(24(27)32)23(31)26-11-20(28)29/h1-8,30H,9-13H2,(H,26,31)(H,28,29). The van der Waals surface area contributed by atoms with Gasteiger partial charge in [0.25, 0.3) is 11.5 Å². The van der Waals surface area contributed by atoms with Gasteiger partial charge in [0.1, 0.15) is 17.9 Å². The average Bonchev–Trinajstić information content (AvgIpc) is 2.81. The highest BCUT2D eigenvalue weighted by atomic mass is 35.5. The summed E-state index contributed by atoms with van der Waals surface area (Å²) in [5.41, 5.74) is 2.57. The second kappa shape index (κ2) is 9.48. The monoisotopic (exact) mass is 468 g/mol. The second-order valence-electron chi connectivity index (χ2n) is 7.62. The molecule has 0 unspecified atom stereocenters. The fraction of sp³-hybridized carbons (Fsp3) is 0.208. The molecule has 0 atom stereocenters. The minimum Gasteiger partial charge on any atom is -0.507 e. The zero-order chi connectivity index (χ0) is 23.5. The maximum Gasteiger partial charge on any atom is 0.322 e. The lowest BCUT2D eigenvalue weighted by Gasteiger charge is -2.24. The molecule has 1 amide bonds. The number of nitrogens with zero attached hydrogens (tertiary/aromatic N) is 1. The quantitative estimate of drug-likeness (QED) is 0.512. The van der Waals surface area contributed by atoms with Crippen molar-refractivity contribution in [1.29, 1.82) is 0 Å². The van der Waals surface area contributed by atoms with Gasteiger partial charge < -0.3 is 24.8 Å². The van der Waals surface area contributed by atoms with Crippen LogP contribution in [0.5, 0.6) is 5.75 Å². The molecular weight excluding hydrogens is 448 g/mol. The van der Waals surface area contributed by atoms with Crippen molar-refractivity contribution in [3.63, 3.8) is 0 Å². The van der Waals surface area contributed by atoms with Crippen LogP contribution in [0.4, 0.5) is 0 Å². The minimum atomic E-state index is -1.25. The molecule has 0 saturated carbocycles. The number of pyridine rings is 1. The molecule has 170 valence electrons. The fourth-order valence-corrected chi connectivity index (χ4v) is 3.95. The number of carbonyl (C=O) groups excluding carboxylic acids is 1.